The largest absolute Gasteiger partial charge is 0.467 e. The summed E-state index contributed by atoms with van der Waals surface area (Å²) in [5.41, 5.74) is 6.27. The van der Waals surface area contributed by atoms with E-state index in [1.807, 2.05) is 12.1 Å². The van der Waals surface area contributed by atoms with Gasteiger partial charge in [0, 0.05) is 5.69 Å². The van der Waals surface area contributed by atoms with Gasteiger partial charge < -0.3 is 15.5 Å². The molecule has 0 radical (unpaired) electrons. The highest BCUT2D eigenvalue weighted by Gasteiger charge is 2.06. The Kier molecular flexibility index (Phi) is 3.35. The van der Waals surface area contributed by atoms with Crippen LogP contribution in [-0.4, -0.2) is 5.91 Å². The van der Waals surface area contributed by atoms with E-state index in [-0.39, 0.29) is 0 Å². The second-order valence-corrected chi connectivity index (χ2v) is 3.90. The fourth-order valence-corrected chi connectivity index (χ4v) is 1.70. The summed E-state index contributed by atoms with van der Waals surface area (Å²) in [7, 11) is 0. The topological polar surface area (TPSA) is 68.3 Å². The summed E-state index contributed by atoms with van der Waals surface area (Å²) >= 11 is 5.92. The zero-order valence-corrected chi connectivity index (χ0v) is 9.70. The highest BCUT2D eigenvalue weighted by molar-refractivity contribution is 6.34. The molecule has 0 aliphatic carbocycles. The van der Waals surface area contributed by atoms with Gasteiger partial charge in [-0.05, 0) is 30.3 Å². The van der Waals surface area contributed by atoms with E-state index in [1.165, 1.54) is 0 Å². The number of halogens is 1. The predicted molar refractivity (Wildman–Crippen MR) is 66.0 cm³/mol. The number of primary amides is 1. The molecule has 1 amide bonds. The average Bonchev–Trinajstić information content (AvgIpc) is 2.78. The molecule has 3 N–H and O–H groups in total. The van der Waals surface area contributed by atoms with E-state index in [9.17, 15) is 4.79 Å². The second-order valence-electron chi connectivity index (χ2n) is 3.49. The van der Waals surface area contributed by atoms with Crippen molar-refractivity contribution in [2.24, 2.45) is 5.73 Å². The summed E-state index contributed by atoms with van der Waals surface area (Å²) in [6, 6.07) is 8.68. The minimum absolute atomic E-state index is 0.315. The molecule has 2 aromatic rings. The fraction of sp³-hybridized carbons (Fsp3) is 0.0833. The molecule has 4 nitrogen and oxygen atoms in total. The van der Waals surface area contributed by atoms with Crippen LogP contribution in [0.1, 0.15) is 16.1 Å². The molecule has 0 bridgehead atoms. The number of nitrogens with one attached hydrogen (secondary N) is 1. The quantitative estimate of drug-likeness (QED) is 0.877. The summed E-state index contributed by atoms with van der Waals surface area (Å²) in [5, 5.41) is 3.46. The Morgan fingerprint density at radius 1 is 1.41 bits per heavy atom. The molecule has 1 aromatic carbocycles. The third kappa shape index (κ3) is 2.79. The number of hydrogen-bond donors (Lipinski definition) is 2. The minimum Gasteiger partial charge on any atom is -0.467 e. The number of nitrogens with two attached hydrogens (primary N) is 1. The van der Waals surface area contributed by atoms with Gasteiger partial charge >= 0.3 is 0 Å². The van der Waals surface area contributed by atoms with Crippen molar-refractivity contribution in [1.29, 1.82) is 0 Å². The maximum atomic E-state index is 11.0. The van der Waals surface area contributed by atoms with Crippen LogP contribution in [0.2, 0.25) is 5.02 Å². The summed E-state index contributed by atoms with van der Waals surface area (Å²) in [6.45, 7) is 0.555. The second kappa shape index (κ2) is 4.93. The Morgan fingerprint density at radius 2 is 2.24 bits per heavy atom. The maximum absolute atomic E-state index is 11.0. The number of furan rings is 1. The smallest absolute Gasteiger partial charge is 0.250 e. The van der Waals surface area contributed by atoms with Crippen LogP contribution in [0.4, 0.5) is 5.69 Å². The van der Waals surface area contributed by atoms with Crippen LogP contribution in [0.3, 0.4) is 0 Å². The molecule has 17 heavy (non-hydrogen) atoms. The van der Waals surface area contributed by atoms with E-state index in [0.29, 0.717) is 17.1 Å². The molecule has 1 heterocycles. The van der Waals surface area contributed by atoms with Crippen LogP contribution < -0.4 is 11.1 Å². The molecule has 1 aromatic heterocycles. The first kappa shape index (κ1) is 11.5. The van der Waals surface area contributed by atoms with E-state index in [1.54, 1.807) is 24.5 Å². The van der Waals surface area contributed by atoms with Crippen molar-refractivity contribution in [3.8, 4) is 0 Å². The van der Waals surface area contributed by atoms with Crippen LogP contribution >= 0.6 is 11.6 Å². The minimum atomic E-state index is -0.535. The van der Waals surface area contributed by atoms with Gasteiger partial charge in [-0.15, -0.1) is 0 Å². The van der Waals surface area contributed by atoms with Crippen LogP contribution in [0.15, 0.2) is 41.0 Å². The Morgan fingerprint density at radius 3 is 2.82 bits per heavy atom. The highest BCUT2D eigenvalue weighted by Crippen LogP contribution is 2.21. The zero-order chi connectivity index (χ0) is 12.3. The third-order valence-corrected chi connectivity index (χ3v) is 2.59. The molecular weight excluding hydrogens is 240 g/mol. The van der Waals surface area contributed by atoms with Gasteiger partial charge in [0.15, 0.2) is 0 Å². The van der Waals surface area contributed by atoms with Crippen molar-refractivity contribution in [2.45, 2.75) is 6.54 Å². The van der Waals surface area contributed by atoms with Gasteiger partial charge in [0.1, 0.15) is 5.76 Å². The van der Waals surface area contributed by atoms with Crippen molar-refractivity contribution < 1.29 is 9.21 Å². The number of anilines is 1. The van der Waals surface area contributed by atoms with E-state index in [0.717, 1.165) is 11.4 Å². The van der Waals surface area contributed by atoms with Crippen molar-refractivity contribution in [3.05, 3.63) is 52.9 Å². The lowest BCUT2D eigenvalue weighted by Crippen LogP contribution is -2.11. The van der Waals surface area contributed by atoms with Crippen molar-refractivity contribution in [3.63, 3.8) is 0 Å². The molecule has 5 heteroatoms. The van der Waals surface area contributed by atoms with Crippen LogP contribution in [0.25, 0.3) is 0 Å². The predicted octanol–water partition coefficient (Wildman–Crippen LogP) is 2.64. The van der Waals surface area contributed by atoms with E-state index >= 15 is 0 Å². The number of carbonyl (C=O) groups is 1. The SMILES string of the molecule is NC(=O)c1ccc(NCc2ccco2)cc1Cl. The molecule has 88 valence electrons. The standard InChI is InChI=1S/C12H11ClN2O2/c13-11-6-8(3-4-10(11)12(14)16)15-7-9-2-1-5-17-9/h1-6,15H,7H2,(H2,14,16). The molecule has 0 atom stereocenters. The molecule has 0 saturated carbocycles. The first-order chi connectivity index (χ1) is 8.16. The molecular formula is C12H11ClN2O2. The van der Waals surface area contributed by atoms with Crippen LogP contribution in [-0.2, 0) is 6.54 Å². The Labute approximate surface area is 103 Å². The van der Waals surface area contributed by atoms with Gasteiger partial charge in [0.05, 0.1) is 23.4 Å². The number of hydrogen-bond acceptors (Lipinski definition) is 3. The van der Waals surface area contributed by atoms with Crippen LogP contribution in [0.5, 0.6) is 0 Å². The number of amides is 1. The third-order valence-electron chi connectivity index (χ3n) is 2.28. The Bertz CT molecular complexity index is 523. The fourth-order valence-electron chi connectivity index (χ4n) is 1.43. The van der Waals surface area contributed by atoms with Gasteiger partial charge in [-0.3, -0.25) is 4.79 Å². The van der Waals surface area contributed by atoms with E-state index in [4.69, 9.17) is 21.8 Å². The van der Waals surface area contributed by atoms with Gasteiger partial charge in [0.2, 0.25) is 5.91 Å². The lowest BCUT2D eigenvalue weighted by atomic mass is 10.2. The maximum Gasteiger partial charge on any atom is 0.250 e. The normalized spacial score (nSPS) is 10.2. The Hall–Kier alpha value is -1.94. The summed E-state index contributed by atoms with van der Waals surface area (Å²) in [5.74, 6) is 0.285. The van der Waals surface area contributed by atoms with Crippen molar-refractivity contribution in [1.82, 2.24) is 0 Å². The molecule has 0 saturated heterocycles. The van der Waals surface area contributed by atoms with Gasteiger partial charge in [-0.1, -0.05) is 11.6 Å². The van der Waals surface area contributed by atoms with E-state index < -0.39 is 5.91 Å². The Balaban J connectivity index is 2.07. The molecule has 0 unspecified atom stereocenters. The summed E-state index contributed by atoms with van der Waals surface area (Å²) < 4.78 is 5.18. The molecule has 0 aliphatic rings. The number of carbonyl (C=O) groups excluding carboxylic acids is 1. The van der Waals surface area contributed by atoms with Gasteiger partial charge in [0.25, 0.3) is 0 Å². The monoisotopic (exact) mass is 250 g/mol. The molecule has 2 rings (SSSR count). The first-order valence-corrected chi connectivity index (χ1v) is 5.40. The van der Waals surface area contributed by atoms with Crippen molar-refractivity contribution in [2.75, 3.05) is 5.32 Å². The molecule has 0 spiro atoms. The summed E-state index contributed by atoms with van der Waals surface area (Å²) in [4.78, 5) is 11.0. The van der Waals surface area contributed by atoms with Gasteiger partial charge in [-0.25, -0.2) is 0 Å². The summed E-state index contributed by atoms with van der Waals surface area (Å²) in [6.07, 6.45) is 1.61. The first-order valence-electron chi connectivity index (χ1n) is 5.02. The highest BCUT2D eigenvalue weighted by atomic mass is 35.5. The molecule has 0 aliphatic heterocycles. The lowest BCUT2D eigenvalue weighted by molar-refractivity contribution is 0.100. The lowest BCUT2D eigenvalue weighted by Gasteiger charge is -2.06. The average molecular weight is 251 g/mol. The van der Waals surface area contributed by atoms with E-state index in [2.05, 4.69) is 5.32 Å². The van der Waals surface area contributed by atoms with Crippen LogP contribution in [0, 0.1) is 0 Å². The number of rotatable bonds is 4. The van der Waals surface area contributed by atoms with Gasteiger partial charge in [-0.2, -0.15) is 0 Å². The number of benzene rings is 1. The van der Waals surface area contributed by atoms with Crippen molar-refractivity contribution >= 4 is 23.2 Å². The zero-order valence-electron chi connectivity index (χ0n) is 8.94. The molecule has 0 fully saturated rings.